The molecule has 0 unspecified atom stereocenters. The van der Waals surface area contributed by atoms with Gasteiger partial charge in [-0.3, -0.25) is 5.10 Å². The molecular weight excluding hydrogens is 363 g/mol. The van der Waals surface area contributed by atoms with Gasteiger partial charge in [0.2, 0.25) is 0 Å². The summed E-state index contributed by atoms with van der Waals surface area (Å²) in [7, 11) is 0. The summed E-state index contributed by atoms with van der Waals surface area (Å²) in [5.74, 6) is -0.762. The van der Waals surface area contributed by atoms with E-state index in [1.807, 2.05) is 0 Å². The fourth-order valence-corrected chi connectivity index (χ4v) is 2.69. The van der Waals surface area contributed by atoms with E-state index < -0.39 is 17.7 Å². The van der Waals surface area contributed by atoms with Crippen LogP contribution in [0.5, 0.6) is 0 Å². The first kappa shape index (κ1) is 16.8. The molecule has 0 atom stereocenters. The number of aromatic amines is 1. The number of benzene rings is 2. The molecule has 0 radical (unpaired) electrons. The maximum atomic E-state index is 12.8. The van der Waals surface area contributed by atoms with Crippen LogP contribution in [0.4, 0.5) is 13.2 Å². The summed E-state index contributed by atoms with van der Waals surface area (Å²) in [5.41, 5.74) is 1.01. The quantitative estimate of drug-likeness (QED) is 0.547. The van der Waals surface area contributed by atoms with Crippen LogP contribution in [-0.2, 0) is 6.18 Å². The number of carboxylic acids is 1. The minimum Gasteiger partial charge on any atom is -0.478 e. The highest BCUT2D eigenvalue weighted by atomic mass is 19.4. The van der Waals surface area contributed by atoms with Crippen LogP contribution >= 0.6 is 0 Å². The third-order valence-electron chi connectivity index (χ3n) is 4.06. The fraction of sp³-hybridized carbons (Fsp3) is 0.0556. The summed E-state index contributed by atoms with van der Waals surface area (Å²) in [5, 5.41) is 19.9. The Kier molecular flexibility index (Phi) is 3.72. The molecule has 0 amide bonds. The Morgan fingerprint density at radius 3 is 2.48 bits per heavy atom. The van der Waals surface area contributed by atoms with Crippen LogP contribution in [0, 0.1) is 0 Å². The van der Waals surface area contributed by atoms with Crippen LogP contribution < -0.4 is 0 Å². The van der Waals surface area contributed by atoms with Gasteiger partial charge < -0.3 is 9.63 Å². The van der Waals surface area contributed by atoms with Crippen molar-refractivity contribution in [3.8, 4) is 22.7 Å². The lowest BCUT2D eigenvalue weighted by atomic mass is 10.1. The predicted octanol–water partition coefficient (Wildman–Crippen LogP) is 4.60. The third kappa shape index (κ3) is 3.03. The van der Waals surface area contributed by atoms with Gasteiger partial charge in [-0.2, -0.15) is 18.3 Å². The van der Waals surface area contributed by atoms with Gasteiger partial charge in [0.1, 0.15) is 11.4 Å². The van der Waals surface area contributed by atoms with Crippen LogP contribution in [0.15, 0.2) is 53.1 Å². The summed E-state index contributed by atoms with van der Waals surface area (Å²) in [6, 6.07) is 10.9. The number of H-pyrrole nitrogens is 1. The lowest BCUT2D eigenvalue weighted by molar-refractivity contribution is -0.137. The van der Waals surface area contributed by atoms with E-state index in [-0.39, 0.29) is 16.8 Å². The maximum absolute atomic E-state index is 12.8. The minimum atomic E-state index is -4.44. The molecule has 0 fully saturated rings. The van der Waals surface area contributed by atoms with Crippen molar-refractivity contribution in [1.29, 1.82) is 0 Å². The van der Waals surface area contributed by atoms with Crippen LogP contribution in [0.2, 0.25) is 0 Å². The second-order valence-electron chi connectivity index (χ2n) is 5.79. The van der Waals surface area contributed by atoms with E-state index in [4.69, 9.17) is 9.63 Å². The first-order chi connectivity index (χ1) is 12.8. The summed E-state index contributed by atoms with van der Waals surface area (Å²) in [6.45, 7) is 0. The van der Waals surface area contributed by atoms with Crippen molar-refractivity contribution in [1.82, 2.24) is 15.4 Å². The number of nitrogens with one attached hydrogen (secondary N) is 1. The Hall–Kier alpha value is -3.62. The van der Waals surface area contributed by atoms with E-state index in [0.717, 1.165) is 12.1 Å². The normalized spacial score (nSPS) is 11.8. The van der Waals surface area contributed by atoms with Crippen LogP contribution in [-0.4, -0.2) is 26.4 Å². The van der Waals surface area contributed by atoms with E-state index >= 15 is 0 Å². The summed E-state index contributed by atoms with van der Waals surface area (Å²) in [4.78, 5) is 10.9. The highest BCUT2D eigenvalue weighted by Gasteiger charge is 2.31. The highest BCUT2D eigenvalue weighted by molar-refractivity contribution is 5.92. The molecule has 2 heterocycles. The second kappa shape index (κ2) is 5.97. The van der Waals surface area contributed by atoms with Crippen molar-refractivity contribution in [3.05, 3.63) is 59.7 Å². The zero-order valence-electron chi connectivity index (χ0n) is 13.4. The van der Waals surface area contributed by atoms with E-state index in [9.17, 15) is 18.0 Å². The van der Waals surface area contributed by atoms with Crippen molar-refractivity contribution in [2.75, 3.05) is 0 Å². The van der Waals surface area contributed by atoms with Gasteiger partial charge in [0.15, 0.2) is 5.76 Å². The number of fused-ring (bicyclic) bond motifs is 1. The number of halogens is 3. The maximum Gasteiger partial charge on any atom is 0.416 e. The molecule has 0 aliphatic heterocycles. The molecular formula is C18H10F3N3O3. The lowest BCUT2D eigenvalue weighted by Crippen LogP contribution is -2.04. The van der Waals surface area contributed by atoms with E-state index in [0.29, 0.717) is 22.3 Å². The molecule has 2 aromatic heterocycles. The van der Waals surface area contributed by atoms with Gasteiger partial charge in [0.25, 0.3) is 0 Å². The van der Waals surface area contributed by atoms with Gasteiger partial charge in [-0.05, 0) is 30.3 Å². The smallest absolute Gasteiger partial charge is 0.416 e. The highest BCUT2D eigenvalue weighted by Crippen LogP contribution is 2.34. The molecule has 0 saturated carbocycles. The first-order valence-electron chi connectivity index (χ1n) is 7.69. The molecule has 136 valence electrons. The molecule has 0 bridgehead atoms. The van der Waals surface area contributed by atoms with Crippen LogP contribution in [0.3, 0.4) is 0 Å². The number of hydrogen-bond donors (Lipinski definition) is 2. The van der Waals surface area contributed by atoms with Gasteiger partial charge in [0.05, 0.1) is 16.6 Å². The summed E-state index contributed by atoms with van der Waals surface area (Å²) in [6.07, 6.45) is -4.44. The number of carboxylic acid groups (broad SMARTS) is 1. The predicted molar refractivity (Wildman–Crippen MR) is 89.0 cm³/mol. The van der Waals surface area contributed by atoms with Crippen molar-refractivity contribution in [2.24, 2.45) is 0 Å². The molecule has 2 aromatic carbocycles. The van der Waals surface area contributed by atoms with E-state index in [1.165, 1.54) is 18.2 Å². The Morgan fingerprint density at radius 1 is 1.07 bits per heavy atom. The zero-order chi connectivity index (χ0) is 19.2. The van der Waals surface area contributed by atoms with Gasteiger partial charge in [-0.1, -0.05) is 17.3 Å². The standard InChI is InChI=1S/C18H10F3N3O3/c19-18(20,21)11-5-6-12-14(7-11)22-23-16(12)15-8-13(24-27-15)9-1-3-10(4-2-9)17(25)26/h1-8H,(H,22,23)(H,25,26). The zero-order valence-corrected chi connectivity index (χ0v) is 13.4. The molecule has 0 aliphatic carbocycles. The average molecular weight is 373 g/mol. The van der Waals surface area contributed by atoms with Gasteiger partial charge in [-0.15, -0.1) is 0 Å². The SMILES string of the molecule is O=C(O)c1ccc(-c2cc(-c3n[nH]c4cc(C(F)(F)F)ccc34)on2)cc1. The Labute approximate surface area is 149 Å². The number of aromatic carboxylic acids is 1. The van der Waals surface area contributed by atoms with E-state index in [2.05, 4.69) is 15.4 Å². The molecule has 27 heavy (non-hydrogen) atoms. The van der Waals surface area contributed by atoms with Gasteiger partial charge in [-0.25, -0.2) is 4.79 Å². The number of nitrogens with zero attached hydrogens (tertiary/aromatic N) is 2. The monoisotopic (exact) mass is 373 g/mol. The largest absolute Gasteiger partial charge is 0.478 e. The molecule has 4 rings (SSSR count). The number of aromatic nitrogens is 3. The average Bonchev–Trinajstić information content (AvgIpc) is 3.27. The van der Waals surface area contributed by atoms with E-state index in [1.54, 1.807) is 18.2 Å². The van der Waals surface area contributed by atoms with Crippen molar-refractivity contribution in [3.63, 3.8) is 0 Å². The molecule has 2 N–H and O–H groups in total. The Balaban J connectivity index is 1.70. The second-order valence-corrected chi connectivity index (χ2v) is 5.79. The van der Waals surface area contributed by atoms with Crippen molar-refractivity contribution >= 4 is 16.9 Å². The minimum absolute atomic E-state index is 0.140. The molecule has 9 heteroatoms. The molecule has 0 aliphatic rings. The number of hydrogen-bond acceptors (Lipinski definition) is 4. The van der Waals surface area contributed by atoms with Crippen molar-refractivity contribution < 1.29 is 27.6 Å². The molecule has 6 nitrogen and oxygen atoms in total. The van der Waals surface area contributed by atoms with Crippen LogP contribution in [0.25, 0.3) is 33.6 Å². The summed E-state index contributed by atoms with van der Waals surface area (Å²) >= 11 is 0. The van der Waals surface area contributed by atoms with Gasteiger partial charge in [0, 0.05) is 17.0 Å². The summed E-state index contributed by atoms with van der Waals surface area (Å²) < 4.78 is 43.7. The fourth-order valence-electron chi connectivity index (χ4n) is 2.69. The molecule has 4 aromatic rings. The Bertz CT molecular complexity index is 1140. The number of carbonyl (C=O) groups is 1. The van der Waals surface area contributed by atoms with Crippen molar-refractivity contribution in [2.45, 2.75) is 6.18 Å². The number of rotatable bonds is 3. The Morgan fingerprint density at radius 2 is 1.81 bits per heavy atom. The van der Waals surface area contributed by atoms with Gasteiger partial charge >= 0.3 is 12.1 Å². The lowest BCUT2D eigenvalue weighted by Gasteiger charge is -2.05. The van der Waals surface area contributed by atoms with Crippen LogP contribution in [0.1, 0.15) is 15.9 Å². The number of alkyl halides is 3. The molecule has 0 spiro atoms. The third-order valence-corrected chi connectivity index (χ3v) is 4.06. The first-order valence-corrected chi connectivity index (χ1v) is 7.69. The molecule has 0 saturated heterocycles. The topological polar surface area (TPSA) is 92.0 Å².